The number of aryl methyl sites for hydroxylation is 1. The Bertz CT molecular complexity index is 1360. The number of pyridine rings is 1. The second-order valence-corrected chi connectivity index (χ2v) is 11.7. The van der Waals surface area contributed by atoms with Crippen LogP contribution in [0.2, 0.25) is 0 Å². The molecule has 2 aromatic rings. The van der Waals surface area contributed by atoms with Crippen LogP contribution < -0.4 is 5.43 Å². The zero-order valence-corrected chi connectivity index (χ0v) is 21.3. The number of carbonyl (C=O) groups is 1. The molecule has 0 spiro atoms. The fourth-order valence-corrected chi connectivity index (χ4v) is 6.90. The molecule has 190 valence electrons. The van der Waals surface area contributed by atoms with Gasteiger partial charge in [-0.15, -0.1) is 0 Å². The van der Waals surface area contributed by atoms with Crippen molar-refractivity contribution in [3.8, 4) is 0 Å². The number of nitrogens with zero attached hydrogens (tertiary/aromatic N) is 4. The molecule has 0 unspecified atom stereocenters. The molecule has 0 aromatic carbocycles. The summed E-state index contributed by atoms with van der Waals surface area (Å²) in [6, 6.07) is 3.39. The summed E-state index contributed by atoms with van der Waals surface area (Å²) in [5.41, 5.74) is 6.06. The summed E-state index contributed by atoms with van der Waals surface area (Å²) in [5.74, 6) is -0.0983. The van der Waals surface area contributed by atoms with Crippen molar-refractivity contribution in [2.24, 2.45) is 10.5 Å². The van der Waals surface area contributed by atoms with Crippen LogP contribution in [0.4, 0.5) is 0 Å². The highest BCUT2D eigenvalue weighted by atomic mass is 32.2. The number of sulfonamides is 1. The van der Waals surface area contributed by atoms with Gasteiger partial charge in [0.1, 0.15) is 5.69 Å². The highest BCUT2D eigenvalue weighted by Crippen LogP contribution is 2.50. The van der Waals surface area contributed by atoms with Crippen LogP contribution in [-0.2, 0) is 16.4 Å². The summed E-state index contributed by atoms with van der Waals surface area (Å²) < 4.78 is 28.6. The van der Waals surface area contributed by atoms with E-state index in [9.17, 15) is 13.2 Å². The van der Waals surface area contributed by atoms with Crippen LogP contribution >= 0.6 is 0 Å². The largest absolute Gasteiger partial charge is 0.306 e. The quantitative estimate of drug-likeness (QED) is 0.216. The van der Waals surface area contributed by atoms with E-state index < -0.39 is 21.5 Å². The lowest BCUT2D eigenvalue weighted by Gasteiger charge is -2.46. The van der Waals surface area contributed by atoms with Crippen molar-refractivity contribution in [1.82, 2.24) is 24.9 Å². The summed E-state index contributed by atoms with van der Waals surface area (Å²) in [6.45, 7) is 3.92. The van der Waals surface area contributed by atoms with Crippen LogP contribution in [0.1, 0.15) is 66.3 Å². The number of H-pyrrole nitrogens is 1. The van der Waals surface area contributed by atoms with Crippen molar-refractivity contribution in [1.29, 1.82) is 5.41 Å². The Balaban J connectivity index is 1.53. The molecule has 0 bridgehead atoms. The SMILES string of the molecule is CCN([C@H]1CCC2=Cc3[nH]ncc3C[C@]2(C(=O)c2cc(C)ccn2)C1)S(=O)(=O)/C(C=N)=N/NC1CC1. The van der Waals surface area contributed by atoms with Crippen LogP contribution in [0.5, 0.6) is 0 Å². The van der Waals surface area contributed by atoms with Crippen LogP contribution in [0.15, 0.2) is 35.2 Å². The maximum absolute atomic E-state index is 14.1. The number of hydrazone groups is 1. The number of fused-ring (bicyclic) bond motifs is 2. The van der Waals surface area contributed by atoms with E-state index in [0.717, 1.165) is 41.5 Å². The molecule has 2 fully saturated rings. The molecule has 0 saturated heterocycles. The Hall–Kier alpha value is -3.18. The molecule has 5 rings (SSSR count). The number of allylic oxidation sites excluding steroid dienone is 1. The Morgan fingerprint density at radius 1 is 1.39 bits per heavy atom. The zero-order valence-electron chi connectivity index (χ0n) is 20.5. The zero-order chi connectivity index (χ0) is 25.5. The van der Waals surface area contributed by atoms with E-state index in [2.05, 4.69) is 25.7 Å². The lowest BCUT2D eigenvalue weighted by atomic mass is 9.60. The lowest BCUT2D eigenvalue weighted by molar-refractivity contribution is 0.0740. The third-order valence-corrected chi connectivity index (χ3v) is 9.35. The Labute approximate surface area is 210 Å². The maximum atomic E-state index is 14.1. The van der Waals surface area contributed by atoms with Gasteiger partial charge in [-0.25, -0.2) is 8.42 Å². The third-order valence-electron chi connectivity index (χ3n) is 7.44. The van der Waals surface area contributed by atoms with Gasteiger partial charge in [0.15, 0.2) is 5.78 Å². The number of aromatic nitrogens is 3. The summed E-state index contributed by atoms with van der Waals surface area (Å²) in [5, 5.41) is 18.6. The van der Waals surface area contributed by atoms with Gasteiger partial charge >= 0.3 is 0 Å². The predicted octanol–water partition coefficient (Wildman–Crippen LogP) is 2.84. The molecule has 0 aliphatic heterocycles. The van der Waals surface area contributed by atoms with Gasteiger partial charge in [-0.1, -0.05) is 12.5 Å². The molecule has 2 atom stereocenters. The number of hydrogen-bond acceptors (Lipinski definition) is 8. The highest BCUT2D eigenvalue weighted by molar-refractivity contribution is 8.06. The summed E-state index contributed by atoms with van der Waals surface area (Å²) >= 11 is 0. The number of Topliss-reactive ketones (excluding diaryl/α,β-unsaturated/α-hetero) is 1. The van der Waals surface area contributed by atoms with Gasteiger partial charge in [0.2, 0.25) is 5.04 Å². The van der Waals surface area contributed by atoms with Crippen LogP contribution in [0, 0.1) is 17.7 Å². The summed E-state index contributed by atoms with van der Waals surface area (Å²) in [4.78, 5) is 18.5. The van der Waals surface area contributed by atoms with E-state index in [4.69, 9.17) is 5.41 Å². The van der Waals surface area contributed by atoms with Gasteiger partial charge in [-0.05, 0) is 74.8 Å². The summed E-state index contributed by atoms with van der Waals surface area (Å²) in [7, 11) is -4.03. The molecule has 2 aromatic heterocycles. The maximum Gasteiger partial charge on any atom is 0.264 e. The van der Waals surface area contributed by atoms with Gasteiger partial charge in [-0.2, -0.15) is 14.5 Å². The molecule has 0 amide bonds. The van der Waals surface area contributed by atoms with E-state index in [1.807, 2.05) is 19.1 Å². The minimum atomic E-state index is -4.03. The van der Waals surface area contributed by atoms with E-state index >= 15 is 0 Å². The molecule has 3 aliphatic carbocycles. The van der Waals surface area contributed by atoms with Gasteiger partial charge in [0.05, 0.1) is 23.5 Å². The van der Waals surface area contributed by atoms with Crippen molar-refractivity contribution in [3.05, 3.63) is 52.6 Å². The topological polar surface area (TPSA) is 144 Å². The van der Waals surface area contributed by atoms with Crippen molar-refractivity contribution in [2.75, 3.05) is 6.54 Å². The minimum Gasteiger partial charge on any atom is -0.306 e. The molecular weight excluding hydrogens is 478 g/mol. The Kier molecular flexibility index (Phi) is 6.37. The predicted molar refractivity (Wildman–Crippen MR) is 137 cm³/mol. The van der Waals surface area contributed by atoms with Gasteiger partial charge in [-0.3, -0.25) is 14.9 Å². The van der Waals surface area contributed by atoms with E-state index in [0.29, 0.717) is 31.4 Å². The Morgan fingerprint density at radius 3 is 2.89 bits per heavy atom. The standard InChI is InChI=1S/C25H31N7O3S/c1-3-32(36(34,35)23(14-26)31-29-19-5-6-19)20-7-4-18-11-21-17(15-28-30-21)12-25(18,13-20)24(33)22-10-16(2)8-9-27-22/h8-11,14-15,19-20,26,29H,3-7,12-13H2,1-2H3,(H,28,30)/b26-14?,31-23+/t20-,25-/m0/s1. The number of hydrogen-bond donors (Lipinski definition) is 3. The normalized spacial score (nSPS) is 24.0. The second-order valence-electron chi connectivity index (χ2n) is 9.89. The number of carbonyl (C=O) groups excluding carboxylic acids is 1. The van der Waals surface area contributed by atoms with Crippen molar-refractivity contribution in [3.63, 3.8) is 0 Å². The molecule has 2 saturated carbocycles. The van der Waals surface area contributed by atoms with Crippen LogP contribution in [-0.4, -0.2) is 63.6 Å². The smallest absolute Gasteiger partial charge is 0.264 e. The monoisotopic (exact) mass is 509 g/mol. The Morgan fingerprint density at radius 2 is 2.19 bits per heavy atom. The average molecular weight is 510 g/mol. The fourth-order valence-electron chi connectivity index (χ4n) is 5.43. The number of nitrogens with one attached hydrogen (secondary N) is 3. The minimum absolute atomic E-state index is 0.0983. The fraction of sp³-hybridized carbons (Fsp3) is 0.480. The highest BCUT2D eigenvalue weighted by Gasteiger charge is 2.51. The van der Waals surface area contributed by atoms with E-state index in [1.54, 1.807) is 25.4 Å². The van der Waals surface area contributed by atoms with Crippen molar-refractivity contribution in [2.45, 2.75) is 64.5 Å². The first kappa shape index (κ1) is 24.5. The molecule has 0 radical (unpaired) electrons. The average Bonchev–Trinajstić information content (AvgIpc) is 3.58. The van der Waals surface area contributed by atoms with E-state index in [1.165, 1.54) is 4.31 Å². The third kappa shape index (κ3) is 4.30. The van der Waals surface area contributed by atoms with Gasteiger partial charge in [0.25, 0.3) is 10.0 Å². The molecular formula is C25H31N7O3S. The van der Waals surface area contributed by atoms with Gasteiger partial charge < -0.3 is 10.8 Å². The molecule has 2 heterocycles. The molecule has 3 N–H and O–H groups in total. The second kappa shape index (κ2) is 9.36. The van der Waals surface area contributed by atoms with Crippen LogP contribution in [0.3, 0.4) is 0 Å². The summed E-state index contributed by atoms with van der Waals surface area (Å²) in [6.07, 6.45) is 9.95. The first-order valence-electron chi connectivity index (χ1n) is 12.3. The molecule has 3 aliphatic rings. The molecule has 11 heteroatoms. The van der Waals surface area contributed by atoms with Crippen LogP contribution in [0.25, 0.3) is 6.08 Å². The molecule has 36 heavy (non-hydrogen) atoms. The van der Waals surface area contributed by atoms with Gasteiger partial charge in [0, 0.05) is 24.8 Å². The lowest BCUT2D eigenvalue weighted by Crippen LogP contribution is -2.52. The first-order chi connectivity index (χ1) is 17.3. The van der Waals surface area contributed by atoms with Crippen molar-refractivity contribution >= 4 is 33.1 Å². The van der Waals surface area contributed by atoms with E-state index in [-0.39, 0.29) is 23.4 Å². The number of aromatic amines is 1. The number of ketones is 1. The molecule has 10 nitrogen and oxygen atoms in total. The van der Waals surface area contributed by atoms with Crippen molar-refractivity contribution < 1.29 is 13.2 Å². The number of rotatable bonds is 8. The first-order valence-corrected chi connectivity index (χ1v) is 13.8.